The Balaban J connectivity index is 1.69. The molecule has 4 nitrogen and oxygen atoms in total. The van der Waals surface area contributed by atoms with Gasteiger partial charge in [0.15, 0.2) is 5.78 Å². The van der Waals surface area contributed by atoms with E-state index in [0.717, 1.165) is 32.1 Å². The first-order valence-electron chi connectivity index (χ1n) is 8.93. The average molecular weight is 387 g/mol. The number of aliphatic hydroxyl groups is 2. The summed E-state index contributed by atoms with van der Waals surface area (Å²) in [6.07, 6.45) is 3.39. The maximum atomic E-state index is 12.6. The van der Waals surface area contributed by atoms with Crippen molar-refractivity contribution in [3.63, 3.8) is 0 Å². The number of Topliss-reactive ketones (excluding diaryl/α,β-unsaturated/α-hetero) is 1. The Kier molecular flexibility index (Phi) is 3.77. The molecule has 0 amide bonds. The molecule has 4 aliphatic rings. The topological polar surface area (TPSA) is 66.8 Å². The smallest absolute Gasteiger partial charge is 0.154 e. The molecule has 9 atom stereocenters. The van der Waals surface area contributed by atoms with Gasteiger partial charge in [0.25, 0.3) is 0 Å². The summed E-state index contributed by atoms with van der Waals surface area (Å²) in [4.78, 5) is 12.5. The molecule has 23 heavy (non-hydrogen) atoms. The van der Waals surface area contributed by atoms with Crippen LogP contribution < -0.4 is 0 Å². The summed E-state index contributed by atoms with van der Waals surface area (Å²) in [5, 5.41) is 20.9. The van der Waals surface area contributed by atoms with E-state index in [0.29, 0.717) is 12.5 Å². The van der Waals surface area contributed by atoms with Gasteiger partial charge >= 0.3 is 0 Å². The zero-order valence-electron chi connectivity index (χ0n) is 13.9. The fourth-order valence-electron chi connectivity index (χ4n) is 6.16. The normalized spacial score (nSPS) is 59.2. The number of alkyl halides is 1. The Morgan fingerprint density at radius 1 is 1.22 bits per heavy atom. The molecular weight excluding hydrogens is 360 g/mol. The first kappa shape index (κ1) is 16.5. The number of hydrogen-bond donors (Lipinski definition) is 2. The van der Waals surface area contributed by atoms with E-state index in [9.17, 15) is 15.0 Å². The van der Waals surface area contributed by atoms with E-state index >= 15 is 0 Å². The van der Waals surface area contributed by atoms with Crippen LogP contribution in [0.25, 0.3) is 0 Å². The second-order valence-electron chi connectivity index (χ2n) is 8.83. The van der Waals surface area contributed by atoms with Crippen molar-refractivity contribution in [1.82, 2.24) is 0 Å². The van der Waals surface area contributed by atoms with Gasteiger partial charge in [-0.3, -0.25) is 4.79 Å². The van der Waals surface area contributed by atoms with Crippen LogP contribution in [0.1, 0.15) is 46.0 Å². The standard InChI is InChI=1S/C18H27BrO4/c1-17-4-3-10(20)5-9(17)6-13(21)14-11-7-12(19)15(22)18(11,2)8-23-16(14)17/h9-14,16,20-21H,3-8H2,1-2H3/t9-,10+,11+,12-,13+,14?,16+,17+,18+/m1/s1. The predicted molar refractivity (Wildman–Crippen MR) is 89.2 cm³/mol. The Hall–Kier alpha value is 0.0300. The highest BCUT2D eigenvalue weighted by Gasteiger charge is 2.65. The van der Waals surface area contributed by atoms with E-state index in [1.54, 1.807) is 0 Å². The lowest BCUT2D eigenvalue weighted by Gasteiger charge is -2.60. The highest BCUT2D eigenvalue weighted by molar-refractivity contribution is 9.10. The number of fused-ring (bicyclic) bond motifs is 5. The predicted octanol–water partition coefficient (Wildman–Crippen LogP) is 2.29. The maximum absolute atomic E-state index is 12.6. The molecule has 0 aromatic heterocycles. The zero-order chi connectivity index (χ0) is 16.6. The molecule has 0 spiro atoms. The van der Waals surface area contributed by atoms with Gasteiger partial charge in [-0.2, -0.15) is 0 Å². The second kappa shape index (κ2) is 5.26. The van der Waals surface area contributed by atoms with Gasteiger partial charge in [-0.1, -0.05) is 29.8 Å². The van der Waals surface area contributed by atoms with Gasteiger partial charge in [-0.15, -0.1) is 0 Å². The van der Waals surface area contributed by atoms with Crippen LogP contribution in [0.5, 0.6) is 0 Å². The Morgan fingerprint density at radius 3 is 2.70 bits per heavy atom. The molecule has 1 saturated heterocycles. The van der Waals surface area contributed by atoms with Crippen molar-refractivity contribution in [2.45, 2.75) is 69.1 Å². The lowest BCUT2D eigenvalue weighted by atomic mass is 9.51. The molecule has 2 N–H and O–H groups in total. The molecule has 4 rings (SSSR count). The Bertz CT molecular complexity index is 525. The molecule has 1 aliphatic heterocycles. The van der Waals surface area contributed by atoms with Crippen LogP contribution >= 0.6 is 15.9 Å². The largest absolute Gasteiger partial charge is 0.393 e. The number of carbonyl (C=O) groups excluding carboxylic acids is 1. The van der Waals surface area contributed by atoms with Crippen LogP contribution in [0.3, 0.4) is 0 Å². The average Bonchev–Trinajstić information content (AvgIpc) is 2.73. The molecule has 1 unspecified atom stereocenters. The lowest BCUT2D eigenvalue weighted by Crippen LogP contribution is -2.63. The van der Waals surface area contributed by atoms with Crippen molar-refractivity contribution in [1.29, 1.82) is 0 Å². The third-order valence-electron chi connectivity index (χ3n) is 7.63. The van der Waals surface area contributed by atoms with Gasteiger partial charge in [-0.25, -0.2) is 0 Å². The van der Waals surface area contributed by atoms with Gasteiger partial charge in [0, 0.05) is 5.92 Å². The minimum atomic E-state index is -0.465. The van der Waals surface area contributed by atoms with Gasteiger partial charge in [0.05, 0.1) is 35.2 Å². The number of carbonyl (C=O) groups is 1. The highest BCUT2D eigenvalue weighted by atomic mass is 79.9. The van der Waals surface area contributed by atoms with Gasteiger partial charge in [-0.05, 0) is 49.4 Å². The molecule has 0 bridgehead atoms. The van der Waals surface area contributed by atoms with E-state index in [1.807, 2.05) is 6.92 Å². The first-order chi connectivity index (χ1) is 10.8. The summed E-state index contributed by atoms with van der Waals surface area (Å²) >= 11 is 3.54. The van der Waals surface area contributed by atoms with E-state index in [1.165, 1.54) is 0 Å². The van der Waals surface area contributed by atoms with E-state index in [4.69, 9.17) is 4.74 Å². The van der Waals surface area contributed by atoms with Crippen molar-refractivity contribution in [2.75, 3.05) is 6.61 Å². The van der Waals surface area contributed by atoms with Crippen molar-refractivity contribution in [3.8, 4) is 0 Å². The van der Waals surface area contributed by atoms with Crippen LogP contribution in [-0.2, 0) is 9.53 Å². The van der Waals surface area contributed by atoms with Gasteiger partial charge in [0.1, 0.15) is 0 Å². The van der Waals surface area contributed by atoms with Gasteiger partial charge in [0.2, 0.25) is 0 Å². The summed E-state index contributed by atoms with van der Waals surface area (Å²) in [5.74, 6) is 0.776. The maximum Gasteiger partial charge on any atom is 0.154 e. The first-order valence-corrected chi connectivity index (χ1v) is 9.85. The fourth-order valence-corrected chi connectivity index (χ4v) is 7.09. The van der Waals surface area contributed by atoms with Crippen LogP contribution in [0, 0.1) is 28.6 Å². The molecule has 3 aliphatic carbocycles. The Morgan fingerprint density at radius 2 is 1.96 bits per heavy atom. The number of aliphatic hydroxyl groups excluding tert-OH is 2. The molecular formula is C18H27BrO4. The van der Waals surface area contributed by atoms with Crippen LogP contribution in [0.15, 0.2) is 0 Å². The molecule has 1 heterocycles. The monoisotopic (exact) mass is 386 g/mol. The molecule has 0 aromatic carbocycles. The van der Waals surface area contributed by atoms with E-state index < -0.39 is 11.5 Å². The molecule has 130 valence electrons. The number of ketones is 1. The molecule has 0 radical (unpaired) electrons. The summed E-state index contributed by atoms with van der Waals surface area (Å²) in [6, 6.07) is 0. The number of hydrogen-bond acceptors (Lipinski definition) is 4. The summed E-state index contributed by atoms with van der Waals surface area (Å²) in [7, 11) is 0. The minimum absolute atomic E-state index is 0.00687. The molecule has 3 saturated carbocycles. The number of halogens is 1. The van der Waals surface area contributed by atoms with Crippen LogP contribution in [-0.4, -0.2) is 45.7 Å². The van der Waals surface area contributed by atoms with Gasteiger partial charge < -0.3 is 14.9 Å². The number of ether oxygens (including phenoxy) is 1. The fraction of sp³-hybridized carbons (Fsp3) is 0.944. The van der Waals surface area contributed by atoms with E-state index in [2.05, 4.69) is 22.9 Å². The van der Waals surface area contributed by atoms with Crippen molar-refractivity contribution in [2.24, 2.45) is 28.6 Å². The van der Waals surface area contributed by atoms with Crippen molar-refractivity contribution in [3.05, 3.63) is 0 Å². The summed E-state index contributed by atoms with van der Waals surface area (Å²) < 4.78 is 6.31. The second-order valence-corrected chi connectivity index (χ2v) is 9.94. The van der Waals surface area contributed by atoms with Crippen LogP contribution in [0.2, 0.25) is 0 Å². The van der Waals surface area contributed by atoms with Crippen molar-refractivity contribution < 1.29 is 19.7 Å². The third kappa shape index (κ3) is 2.16. The summed E-state index contributed by atoms with van der Waals surface area (Å²) in [5.41, 5.74) is -0.453. The Labute approximate surface area is 146 Å². The number of rotatable bonds is 0. The zero-order valence-corrected chi connectivity index (χ0v) is 15.5. The highest BCUT2D eigenvalue weighted by Crippen LogP contribution is 2.61. The third-order valence-corrected chi connectivity index (χ3v) is 8.42. The molecule has 0 aromatic rings. The summed E-state index contributed by atoms with van der Waals surface area (Å²) in [6.45, 7) is 4.76. The van der Waals surface area contributed by atoms with Crippen molar-refractivity contribution >= 4 is 21.7 Å². The molecule has 4 fully saturated rings. The quantitative estimate of drug-likeness (QED) is 0.626. The SMILES string of the molecule is C[C@]12CC[C@H](O)C[C@@H]1C[C@H](O)C1[C@@H]2OC[C@]2(C)C(=O)[C@H](Br)C[C@@H]12. The lowest BCUT2D eigenvalue weighted by molar-refractivity contribution is -0.240. The minimum Gasteiger partial charge on any atom is -0.393 e. The molecule has 5 heteroatoms. The van der Waals surface area contributed by atoms with E-state index in [-0.39, 0.29) is 40.1 Å². The van der Waals surface area contributed by atoms with Crippen LogP contribution in [0.4, 0.5) is 0 Å².